The van der Waals surface area contributed by atoms with E-state index in [2.05, 4.69) is 4.74 Å². The lowest BCUT2D eigenvalue weighted by Crippen LogP contribution is -2.34. The van der Waals surface area contributed by atoms with Crippen molar-refractivity contribution in [1.82, 2.24) is 4.90 Å². The average molecular weight is 388 g/mol. The van der Waals surface area contributed by atoms with Crippen LogP contribution in [-0.4, -0.2) is 23.2 Å². The molecule has 0 saturated carbocycles. The minimum Gasteiger partial charge on any atom is -0.410 e. The molecule has 1 aromatic rings. The highest BCUT2D eigenvalue weighted by Gasteiger charge is 2.35. The highest BCUT2D eigenvalue weighted by atomic mass is 35.5. The van der Waals surface area contributed by atoms with Crippen LogP contribution in [0.5, 0.6) is 0 Å². The van der Waals surface area contributed by atoms with Crippen LogP contribution in [0.4, 0.5) is 17.6 Å². The van der Waals surface area contributed by atoms with Crippen molar-refractivity contribution in [2.45, 2.75) is 32.3 Å². The van der Waals surface area contributed by atoms with E-state index in [0.717, 1.165) is 6.07 Å². The summed E-state index contributed by atoms with van der Waals surface area (Å²) in [5.41, 5.74) is 1.37. The second-order valence-corrected chi connectivity index (χ2v) is 6.39. The van der Waals surface area contributed by atoms with Crippen LogP contribution >= 0.6 is 11.6 Å². The Balaban J connectivity index is 1.83. The van der Waals surface area contributed by atoms with Gasteiger partial charge in [-0.05, 0) is 36.3 Å². The summed E-state index contributed by atoms with van der Waals surface area (Å²) in [5, 5.41) is 0.0471. The van der Waals surface area contributed by atoms with Gasteiger partial charge in [0.2, 0.25) is 0 Å². The van der Waals surface area contributed by atoms with E-state index in [0.29, 0.717) is 11.1 Å². The zero-order valence-corrected chi connectivity index (χ0v) is 14.4. The lowest BCUT2D eigenvalue weighted by atomic mass is 10.1. The maximum atomic E-state index is 13.5. The molecular weight excluding hydrogens is 374 g/mol. The van der Waals surface area contributed by atoms with Crippen molar-refractivity contribution >= 4 is 17.5 Å². The number of hydrogen-bond acceptors (Lipinski definition) is 2. The lowest BCUT2D eigenvalue weighted by Gasteiger charge is -2.25. The van der Waals surface area contributed by atoms with Gasteiger partial charge in [-0.3, -0.25) is 4.79 Å². The Hall–Kier alpha value is -2.28. The summed E-state index contributed by atoms with van der Waals surface area (Å²) < 4.78 is 54.5. The molecule has 0 radical (unpaired) electrons. The zero-order valence-electron chi connectivity index (χ0n) is 13.6. The number of benzene rings is 1. The Morgan fingerprint density at radius 2 is 2.00 bits per heavy atom. The molecule has 1 aliphatic carbocycles. The lowest BCUT2D eigenvalue weighted by molar-refractivity contribution is -0.305. The topological polar surface area (TPSA) is 29.5 Å². The predicted octanol–water partition coefficient (Wildman–Crippen LogP) is 5.13. The van der Waals surface area contributed by atoms with E-state index in [1.54, 1.807) is 13.0 Å². The number of carbonyl (C=O) groups is 1. The summed E-state index contributed by atoms with van der Waals surface area (Å²) in [7, 11) is 0. The number of amides is 1. The summed E-state index contributed by atoms with van der Waals surface area (Å²) in [6, 6.07) is 1.91. The van der Waals surface area contributed by atoms with Crippen molar-refractivity contribution in [3.63, 3.8) is 0 Å². The molecule has 3 nitrogen and oxygen atoms in total. The summed E-state index contributed by atoms with van der Waals surface area (Å²) in [5.74, 6) is -1.11. The number of rotatable bonds is 3. The summed E-state index contributed by atoms with van der Waals surface area (Å²) in [4.78, 5) is 14.1. The van der Waals surface area contributed by atoms with Crippen LogP contribution < -0.4 is 0 Å². The van der Waals surface area contributed by atoms with E-state index >= 15 is 0 Å². The minimum absolute atomic E-state index is 0.0164. The van der Waals surface area contributed by atoms with Crippen molar-refractivity contribution in [3.8, 4) is 0 Å². The zero-order chi connectivity index (χ0) is 19.1. The molecular formula is C18H14ClF4NO2. The molecule has 1 unspecified atom stereocenters. The first kappa shape index (κ1) is 18.5. The molecule has 0 spiro atoms. The van der Waals surface area contributed by atoms with Crippen molar-refractivity contribution < 1.29 is 27.1 Å². The normalized spacial score (nSPS) is 18.2. The third-order valence-corrected chi connectivity index (χ3v) is 4.54. The van der Waals surface area contributed by atoms with Crippen LogP contribution in [0.1, 0.15) is 29.3 Å². The van der Waals surface area contributed by atoms with Gasteiger partial charge in [-0.2, -0.15) is 0 Å². The second kappa shape index (κ2) is 6.79. The first-order chi connectivity index (χ1) is 12.2. The van der Waals surface area contributed by atoms with Crippen LogP contribution in [0.15, 0.2) is 47.8 Å². The summed E-state index contributed by atoms with van der Waals surface area (Å²) >= 11 is 5.98. The number of allylic oxidation sites excluding steroid dienone is 3. The highest BCUT2D eigenvalue weighted by Crippen LogP contribution is 2.33. The molecule has 8 heteroatoms. The Bertz CT molecular complexity index is 842. The quantitative estimate of drug-likeness (QED) is 0.673. The molecule has 1 atom stereocenters. The number of alkyl halides is 3. The molecule has 0 saturated heterocycles. The molecule has 138 valence electrons. The van der Waals surface area contributed by atoms with Crippen molar-refractivity contribution in [2.24, 2.45) is 0 Å². The fourth-order valence-corrected chi connectivity index (χ4v) is 3.32. The van der Waals surface area contributed by atoms with E-state index in [9.17, 15) is 22.4 Å². The molecule has 0 bridgehead atoms. The van der Waals surface area contributed by atoms with E-state index in [1.807, 2.05) is 0 Å². The van der Waals surface area contributed by atoms with Gasteiger partial charge in [0, 0.05) is 13.0 Å². The third-order valence-electron chi connectivity index (χ3n) is 4.24. The third kappa shape index (κ3) is 3.77. The molecule has 0 fully saturated rings. The second-order valence-electron chi connectivity index (χ2n) is 5.98. The molecule has 26 heavy (non-hydrogen) atoms. The highest BCUT2D eigenvalue weighted by molar-refractivity contribution is 6.34. The first-order valence-electron chi connectivity index (χ1n) is 7.77. The predicted molar refractivity (Wildman–Crippen MR) is 87.8 cm³/mol. The average Bonchev–Trinajstić information content (AvgIpc) is 2.70. The standard InChI is InChI=1S/C18H14ClF4NO2/c1-10(11-3-2-4-14(6-5-11)26-18(21,22)23)24-9-12-7-13(20)8-15(19)16(12)17(24)25/h2-3,5-8,10H,4,9H2,1H3. The van der Waals surface area contributed by atoms with Crippen LogP contribution in [0.25, 0.3) is 0 Å². The van der Waals surface area contributed by atoms with Gasteiger partial charge in [0.15, 0.2) is 0 Å². The molecule has 0 aromatic heterocycles. The maximum Gasteiger partial charge on any atom is 0.572 e. The van der Waals surface area contributed by atoms with Crippen LogP contribution in [0, 0.1) is 5.82 Å². The molecule has 0 N–H and O–H groups in total. The fourth-order valence-electron chi connectivity index (χ4n) is 3.01. The Morgan fingerprint density at radius 3 is 2.69 bits per heavy atom. The Kier molecular flexibility index (Phi) is 4.84. The van der Waals surface area contributed by atoms with Gasteiger partial charge < -0.3 is 9.64 Å². The van der Waals surface area contributed by atoms with E-state index in [4.69, 9.17) is 11.6 Å². The van der Waals surface area contributed by atoms with Gasteiger partial charge in [0.05, 0.1) is 16.6 Å². The number of fused-ring (bicyclic) bond motifs is 1. The fraction of sp³-hybridized carbons (Fsp3) is 0.278. The smallest absolute Gasteiger partial charge is 0.410 e. The van der Waals surface area contributed by atoms with Gasteiger partial charge in [0.1, 0.15) is 11.6 Å². The van der Waals surface area contributed by atoms with Gasteiger partial charge in [-0.15, -0.1) is 13.2 Å². The van der Waals surface area contributed by atoms with Gasteiger partial charge in [-0.25, -0.2) is 4.39 Å². The minimum atomic E-state index is -4.75. The molecule has 1 aliphatic heterocycles. The van der Waals surface area contributed by atoms with Crippen LogP contribution in [0.2, 0.25) is 5.02 Å². The summed E-state index contributed by atoms with van der Waals surface area (Å²) in [6.07, 6.45) is 1.13. The van der Waals surface area contributed by atoms with Gasteiger partial charge in [0.25, 0.3) is 5.91 Å². The van der Waals surface area contributed by atoms with E-state index in [-0.39, 0.29) is 35.2 Å². The first-order valence-corrected chi connectivity index (χ1v) is 8.15. The Labute approximate surface area is 152 Å². The van der Waals surface area contributed by atoms with E-state index < -0.39 is 18.2 Å². The van der Waals surface area contributed by atoms with Gasteiger partial charge >= 0.3 is 6.36 Å². The number of hydrogen-bond donors (Lipinski definition) is 0. The number of ether oxygens (including phenoxy) is 1. The maximum absolute atomic E-state index is 13.5. The molecule has 1 heterocycles. The monoisotopic (exact) mass is 387 g/mol. The van der Waals surface area contributed by atoms with Crippen LogP contribution in [-0.2, 0) is 11.3 Å². The molecule has 3 rings (SSSR count). The molecule has 2 aliphatic rings. The Morgan fingerprint density at radius 1 is 1.27 bits per heavy atom. The molecule has 1 aromatic carbocycles. The summed E-state index contributed by atoms with van der Waals surface area (Å²) in [6.45, 7) is 1.92. The number of halogens is 5. The van der Waals surface area contributed by atoms with Crippen molar-refractivity contribution in [3.05, 3.63) is 69.7 Å². The SMILES string of the molecule is CC(C1=CC=C(OC(F)(F)F)CC=C1)N1Cc2cc(F)cc(Cl)c2C1=O. The van der Waals surface area contributed by atoms with Crippen molar-refractivity contribution in [1.29, 1.82) is 0 Å². The van der Waals surface area contributed by atoms with Crippen LogP contribution in [0.3, 0.4) is 0 Å². The van der Waals surface area contributed by atoms with Gasteiger partial charge in [-0.1, -0.05) is 29.8 Å². The number of nitrogens with zero attached hydrogens (tertiary/aromatic N) is 1. The van der Waals surface area contributed by atoms with E-state index in [1.165, 1.54) is 29.2 Å². The molecule has 1 amide bonds. The number of carbonyl (C=O) groups excluding carboxylic acids is 1. The van der Waals surface area contributed by atoms with Crippen molar-refractivity contribution in [2.75, 3.05) is 0 Å². The largest absolute Gasteiger partial charge is 0.572 e.